The van der Waals surface area contributed by atoms with E-state index in [0.717, 1.165) is 12.0 Å². The molecule has 0 aromatic heterocycles. The molecule has 0 amide bonds. The van der Waals surface area contributed by atoms with Gasteiger partial charge in [0.1, 0.15) is 11.5 Å². The van der Waals surface area contributed by atoms with Crippen molar-refractivity contribution in [2.45, 2.75) is 66.2 Å². The van der Waals surface area contributed by atoms with E-state index in [1.54, 1.807) is 68.8 Å². The normalized spacial score (nSPS) is 12.6. The van der Waals surface area contributed by atoms with Crippen LogP contribution >= 0.6 is 0 Å². The zero-order chi connectivity index (χ0) is 28.4. The van der Waals surface area contributed by atoms with Gasteiger partial charge >= 0.3 is 0 Å². The first-order chi connectivity index (χ1) is 17.7. The van der Waals surface area contributed by atoms with Gasteiger partial charge in [-0.15, -0.1) is 0 Å². The van der Waals surface area contributed by atoms with Gasteiger partial charge in [0.25, 0.3) is 0 Å². The first-order valence-electron chi connectivity index (χ1n) is 12.9. The summed E-state index contributed by atoms with van der Waals surface area (Å²) in [7, 11) is -0.664. The summed E-state index contributed by atoms with van der Waals surface area (Å²) in [4.78, 5) is 0.372. The zero-order valence-corrected chi connectivity index (χ0v) is 25.0. The summed E-state index contributed by atoms with van der Waals surface area (Å²) in [5.74, 6) is 1.63. The minimum absolute atomic E-state index is 0.155. The maximum atomic E-state index is 13.6. The molecule has 0 aliphatic carbocycles. The number of allylic oxidation sites excluding steroid dienone is 5. The van der Waals surface area contributed by atoms with Gasteiger partial charge in [0.15, 0.2) is 0 Å². The number of benzene rings is 2. The Morgan fingerprint density at radius 3 is 2.08 bits per heavy atom. The van der Waals surface area contributed by atoms with E-state index < -0.39 is 9.84 Å². The maximum Gasteiger partial charge on any atom is 0.207 e. The van der Waals surface area contributed by atoms with Crippen molar-refractivity contribution >= 4 is 14.7 Å². The van der Waals surface area contributed by atoms with E-state index in [9.17, 15) is 8.42 Å². The van der Waals surface area contributed by atoms with Crippen LogP contribution in [-0.2, 0) is 14.6 Å². The van der Waals surface area contributed by atoms with Crippen molar-refractivity contribution in [2.24, 2.45) is 5.92 Å². The van der Waals surface area contributed by atoms with E-state index in [1.165, 1.54) is 6.42 Å². The molecule has 0 aliphatic rings. The lowest BCUT2D eigenvalue weighted by atomic mass is 10.1. The summed E-state index contributed by atoms with van der Waals surface area (Å²) in [6.07, 6.45) is 9.52. The molecule has 0 spiro atoms. The summed E-state index contributed by atoms with van der Waals surface area (Å²) in [5, 5.41) is 0. The van der Waals surface area contributed by atoms with Crippen LogP contribution in [0.5, 0.6) is 5.75 Å². The van der Waals surface area contributed by atoms with Crippen LogP contribution in [0, 0.1) is 12.8 Å². The number of rotatable bonds is 10. The summed E-state index contributed by atoms with van der Waals surface area (Å²) in [6.45, 7) is 18.4. The molecule has 0 heterocycles. The molecule has 2 rings (SSSR count). The second-order valence-corrected chi connectivity index (χ2v) is 10.2. The fourth-order valence-electron chi connectivity index (χ4n) is 3.09. The van der Waals surface area contributed by atoms with E-state index in [-0.39, 0.29) is 9.80 Å². The Labute approximate surface area is 226 Å². The average molecular weight is 527 g/mol. The van der Waals surface area contributed by atoms with Gasteiger partial charge in [0.05, 0.1) is 24.0 Å². The number of sulfone groups is 1. The molecule has 2 aromatic rings. The van der Waals surface area contributed by atoms with E-state index in [2.05, 4.69) is 40.3 Å². The number of ether oxygens (including phenoxy) is 2. The van der Waals surface area contributed by atoms with E-state index in [1.807, 2.05) is 32.9 Å². The molecule has 0 aliphatic heterocycles. The molecule has 0 radical (unpaired) electrons. The van der Waals surface area contributed by atoms with Crippen LogP contribution in [0.25, 0.3) is 4.91 Å². The first kappa shape index (κ1) is 34.0. The highest BCUT2D eigenvalue weighted by Crippen LogP contribution is 2.34. The third-order valence-corrected chi connectivity index (χ3v) is 7.03. The van der Waals surface area contributed by atoms with E-state index >= 15 is 0 Å². The lowest BCUT2D eigenvalue weighted by Crippen LogP contribution is -2.06. The Morgan fingerprint density at radius 1 is 0.973 bits per heavy atom. The number of hydrogen-bond acceptors (Lipinski definition) is 4. The van der Waals surface area contributed by atoms with E-state index in [0.29, 0.717) is 28.6 Å². The highest BCUT2D eigenvalue weighted by Gasteiger charge is 2.24. The van der Waals surface area contributed by atoms with Gasteiger partial charge in [-0.05, 0) is 60.4 Å². The molecule has 4 nitrogen and oxygen atoms in total. The van der Waals surface area contributed by atoms with Crippen LogP contribution in [0.1, 0.15) is 65.5 Å². The van der Waals surface area contributed by atoms with Crippen molar-refractivity contribution in [3.8, 4) is 5.75 Å². The topological polar surface area (TPSA) is 52.6 Å². The summed E-state index contributed by atoms with van der Waals surface area (Å²) in [5.41, 5.74) is 1.81. The summed E-state index contributed by atoms with van der Waals surface area (Å²) >= 11 is 0. The highest BCUT2D eigenvalue weighted by molar-refractivity contribution is 8.00. The lowest BCUT2D eigenvalue weighted by Gasteiger charge is -2.15. The predicted octanol–water partition coefficient (Wildman–Crippen LogP) is 8.95. The van der Waals surface area contributed by atoms with Crippen molar-refractivity contribution < 1.29 is 17.9 Å². The third-order valence-electron chi connectivity index (χ3n) is 5.23. The monoisotopic (exact) mass is 526 g/mol. The third kappa shape index (κ3) is 10.8. The number of hydrogen-bond donors (Lipinski definition) is 0. The van der Waals surface area contributed by atoms with Crippen LogP contribution in [-0.4, -0.2) is 22.6 Å². The second kappa shape index (κ2) is 18.2. The predicted molar refractivity (Wildman–Crippen MR) is 159 cm³/mol. The fourth-order valence-corrected chi connectivity index (χ4v) is 4.68. The minimum atomic E-state index is -3.81. The zero-order valence-electron chi connectivity index (χ0n) is 24.2. The highest BCUT2D eigenvalue weighted by atomic mass is 32.2. The fraction of sp³-hybridized carbons (Fsp3) is 0.375. The molecule has 0 saturated carbocycles. The molecule has 204 valence electrons. The minimum Gasteiger partial charge on any atom is -0.497 e. The van der Waals surface area contributed by atoms with Gasteiger partial charge in [0.2, 0.25) is 9.84 Å². The van der Waals surface area contributed by atoms with Gasteiger partial charge in [0, 0.05) is 5.56 Å². The van der Waals surface area contributed by atoms with Crippen molar-refractivity contribution in [2.75, 3.05) is 14.2 Å². The van der Waals surface area contributed by atoms with Crippen molar-refractivity contribution in [3.63, 3.8) is 0 Å². The van der Waals surface area contributed by atoms with Gasteiger partial charge < -0.3 is 9.47 Å². The largest absolute Gasteiger partial charge is 0.497 e. The average Bonchev–Trinajstić information content (AvgIpc) is 2.91. The van der Waals surface area contributed by atoms with Crippen molar-refractivity contribution in [3.05, 3.63) is 102 Å². The number of methoxy groups -OCH3 is 2. The molecule has 2 aromatic carbocycles. The standard InChI is InChI=1S/C27H32O4S.C3H8.C2H6/c1-7-20(2)16-17-23(30-5)18-21(3)19-27(25-14-11-15-26(31-6)22(25)4)32(28,29)24-12-9-8-10-13-24;1-3-2;1-2/h8-20H,3,7H2,1-2,4-6H3;3H2,1-2H3;1-2H3/b17-16-,23-18+,27-19-;;/t20-;;/m1../s1. The maximum absolute atomic E-state index is 13.6. The molecular weight excluding hydrogens is 480 g/mol. The lowest BCUT2D eigenvalue weighted by molar-refractivity contribution is 0.306. The Kier molecular flexibility index (Phi) is 16.7. The molecule has 0 fully saturated rings. The van der Waals surface area contributed by atoms with Crippen molar-refractivity contribution in [1.29, 1.82) is 0 Å². The quantitative estimate of drug-likeness (QED) is 0.229. The van der Waals surface area contributed by atoms with Crippen LogP contribution in [0.15, 0.2) is 95.6 Å². The Morgan fingerprint density at radius 2 is 1.57 bits per heavy atom. The molecule has 0 N–H and O–H groups in total. The van der Waals surface area contributed by atoms with Gasteiger partial charge in [-0.3, -0.25) is 0 Å². The second-order valence-electron chi connectivity index (χ2n) is 8.24. The molecule has 37 heavy (non-hydrogen) atoms. The smallest absolute Gasteiger partial charge is 0.207 e. The Balaban J connectivity index is 0.00000241. The SMILES string of the molecule is C=C(/C=C(/c1cccc(OC)c1C)S(=O)(=O)c1ccccc1)/C=C(\C=C/[C@H](C)CC)OC.CC.CCC. The Hall–Kier alpha value is -3.05. The molecular formula is C32H46O4S. The molecule has 0 unspecified atom stereocenters. The van der Waals surface area contributed by atoms with Gasteiger partial charge in [-0.1, -0.05) is 97.4 Å². The van der Waals surface area contributed by atoms with Crippen molar-refractivity contribution in [1.82, 2.24) is 0 Å². The van der Waals surface area contributed by atoms with E-state index in [4.69, 9.17) is 9.47 Å². The van der Waals surface area contributed by atoms with Crippen LogP contribution in [0.2, 0.25) is 0 Å². The molecule has 5 heteroatoms. The molecule has 0 bridgehead atoms. The van der Waals surface area contributed by atoms with Gasteiger partial charge in [-0.25, -0.2) is 8.42 Å². The Bertz CT molecular complexity index is 1140. The molecule has 1 atom stereocenters. The van der Waals surface area contributed by atoms with Crippen LogP contribution < -0.4 is 4.74 Å². The van der Waals surface area contributed by atoms with Crippen LogP contribution in [0.3, 0.4) is 0 Å². The molecule has 0 saturated heterocycles. The summed E-state index contributed by atoms with van der Waals surface area (Å²) in [6, 6.07) is 13.8. The summed E-state index contributed by atoms with van der Waals surface area (Å²) < 4.78 is 38.1. The van der Waals surface area contributed by atoms with Gasteiger partial charge in [-0.2, -0.15) is 0 Å². The first-order valence-corrected chi connectivity index (χ1v) is 14.4. The van der Waals surface area contributed by atoms with Crippen LogP contribution in [0.4, 0.5) is 0 Å².